The summed E-state index contributed by atoms with van der Waals surface area (Å²) in [7, 11) is 0. The van der Waals surface area contributed by atoms with Gasteiger partial charge in [0.2, 0.25) is 0 Å². The quantitative estimate of drug-likeness (QED) is 0.224. The maximum absolute atomic E-state index is 12.9. The summed E-state index contributed by atoms with van der Waals surface area (Å²) in [6, 6.07) is 3.20. The summed E-state index contributed by atoms with van der Waals surface area (Å²) in [4.78, 5) is 25.3. The Bertz CT molecular complexity index is 1040. The molecule has 0 radical (unpaired) electrons. The third-order valence-electron chi connectivity index (χ3n) is 7.02. The van der Waals surface area contributed by atoms with Crippen molar-refractivity contribution >= 4 is 23.6 Å². The van der Waals surface area contributed by atoms with Gasteiger partial charge in [-0.2, -0.15) is 11.8 Å². The molecular weight excluding hydrogens is 488 g/mol. The second kappa shape index (κ2) is 13.8. The molecule has 0 bridgehead atoms. The zero-order chi connectivity index (χ0) is 26.9. The molecule has 4 atom stereocenters. The van der Waals surface area contributed by atoms with Crippen molar-refractivity contribution in [3.8, 4) is 11.5 Å². The van der Waals surface area contributed by atoms with Crippen molar-refractivity contribution in [2.75, 3.05) is 18.6 Å². The molecule has 8 heteroatoms. The van der Waals surface area contributed by atoms with Crippen LogP contribution in [-0.2, 0) is 16.0 Å². The highest BCUT2D eigenvalue weighted by molar-refractivity contribution is 7.98. The molecule has 0 fully saturated rings. The van der Waals surface area contributed by atoms with E-state index in [0.29, 0.717) is 17.9 Å². The summed E-state index contributed by atoms with van der Waals surface area (Å²) in [5.41, 5.74) is 3.36. The second-order valence-corrected chi connectivity index (χ2v) is 10.8. The molecule has 1 heterocycles. The zero-order valence-corrected chi connectivity index (χ0v) is 23.1. The Balaban J connectivity index is 1.84. The Morgan fingerprint density at radius 2 is 2.16 bits per heavy atom. The van der Waals surface area contributed by atoms with Gasteiger partial charge >= 0.3 is 5.91 Å². The first-order valence-corrected chi connectivity index (χ1v) is 14.5. The number of hydrogen-bond acceptors (Lipinski definition) is 6. The van der Waals surface area contributed by atoms with Crippen LogP contribution < -0.4 is 19.9 Å². The van der Waals surface area contributed by atoms with Gasteiger partial charge in [0.15, 0.2) is 6.61 Å². The van der Waals surface area contributed by atoms with Crippen molar-refractivity contribution in [3.05, 3.63) is 65.2 Å². The molecule has 3 rings (SSSR count). The van der Waals surface area contributed by atoms with Crippen LogP contribution >= 0.6 is 11.8 Å². The number of carbonyl (C=O) groups is 2. The molecule has 0 spiro atoms. The topological polar surface area (TPSA) is 92.1 Å². The van der Waals surface area contributed by atoms with E-state index < -0.39 is 22.9 Å². The van der Waals surface area contributed by atoms with E-state index in [1.807, 2.05) is 12.3 Å². The average Bonchev–Trinajstić information content (AvgIpc) is 2.88. The van der Waals surface area contributed by atoms with Gasteiger partial charge in [-0.1, -0.05) is 38.0 Å². The number of benzene rings is 1. The number of amides is 2. The number of rotatable bonds is 13. The molecule has 37 heavy (non-hydrogen) atoms. The van der Waals surface area contributed by atoms with E-state index in [4.69, 9.17) is 9.47 Å². The molecule has 1 aliphatic carbocycles. The number of thioether (sulfide) groups is 1. The number of hydrogen-bond donors (Lipinski definition) is 2. The van der Waals surface area contributed by atoms with Gasteiger partial charge in [0, 0.05) is 17.4 Å². The van der Waals surface area contributed by atoms with Gasteiger partial charge in [0.1, 0.15) is 23.3 Å². The largest absolute Gasteiger partial charge is 0.622 e. The molecule has 1 aromatic carbocycles. The minimum Gasteiger partial charge on any atom is -0.622 e. The SMILES string of the molecule is C=C[NH+]([O-])C(=O)C(CCSC)NC(=O)COc1cc(CCCCC)cc2c1C1C=C(C)CCC1C(=C)O2. The summed E-state index contributed by atoms with van der Waals surface area (Å²) in [6.07, 6.45) is 11.7. The summed E-state index contributed by atoms with van der Waals surface area (Å²) >= 11 is 1.54. The van der Waals surface area contributed by atoms with Crippen LogP contribution in [0.3, 0.4) is 0 Å². The van der Waals surface area contributed by atoms with Crippen molar-refractivity contribution in [2.24, 2.45) is 5.92 Å². The monoisotopic (exact) mass is 528 g/mol. The maximum atomic E-state index is 12.9. The van der Waals surface area contributed by atoms with Crippen LogP contribution in [0.1, 0.15) is 69.4 Å². The normalized spacial score (nSPS) is 20.0. The van der Waals surface area contributed by atoms with Crippen LogP contribution in [0.2, 0.25) is 0 Å². The van der Waals surface area contributed by atoms with E-state index in [-0.39, 0.29) is 18.4 Å². The molecule has 202 valence electrons. The zero-order valence-electron chi connectivity index (χ0n) is 22.3. The Labute approximate surface area is 224 Å². The van der Waals surface area contributed by atoms with Crippen molar-refractivity contribution in [1.82, 2.24) is 5.32 Å². The van der Waals surface area contributed by atoms with E-state index in [2.05, 4.69) is 44.5 Å². The number of nitrogens with one attached hydrogen (secondary N) is 2. The Kier molecular flexibility index (Phi) is 10.9. The van der Waals surface area contributed by atoms with Gasteiger partial charge < -0.3 is 20.0 Å². The van der Waals surface area contributed by atoms with Crippen LogP contribution in [0.25, 0.3) is 0 Å². The van der Waals surface area contributed by atoms with Crippen LogP contribution in [0.4, 0.5) is 0 Å². The predicted octanol–water partition coefficient (Wildman–Crippen LogP) is 4.43. The first-order valence-electron chi connectivity index (χ1n) is 13.1. The lowest BCUT2D eigenvalue weighted by Crippen LogP contribution is -3.07. The molecule has 2 N–H and O–H groups in total. The highest BCUT2D eigenvalue weighted by atomic mass is 32.2. The lowest BCUT2D eigenvalue weighted by molar-refractivity contribution is -0.705. The number of allylic oxidation sites excluding steroid dienone is 3. The Morgan fingerprint density at radius 1 is 1.38 bits per heavy atom. The van der Waals surface area contributed by atoms with Gasteiger partial charge in [0.05, 0.1) is 6.20 Å². The lowest BCUT2D eigenvalue weighted by atomic mass is 9.74. The predicted molar refractivity (Wildman–Crippen MR) is 149 cm³/mol. The fourth-order valence-electron chi connectivity index (χ4n) is 5.00. The first kappa shape index (κ1) is 29.0. The molecule has 1 aromatic rings. The number of unbranched alkanes of at least 4 members (excludes halogenated alkanes) is 2. The number of hydroxylamine groups is 2. The van der Waals surface area contributed by atoms with Crippen molar-refractivity contribution in [1.29, 1.82) is 0 Å². The molecule has 7 nitrogen and oxygen atoms in total. The fraction of sp³-hybridized carbons (Fsp3) is 0.517. The Morgan fingerprint density at radius 3 is 2.86 bits per heavy atom. The third-order valence-corrected chi connectivity index (χ3v) is 7.66. The highest BCUT2D eigenvalue weighted by Gasteiger charge is 2.37. The molecule has 0 saturated carbocycles. The smallest absolute Gasteiger partial charge is 0.339 e. The van der Waals surface area contributed by atoms with E-state index in [0.717, 1.165) is 67.4 Å². The van der Waals surface area contributed by atoms with Gasteiger partial charge in [-0.25, -0.2) is 4.79 Å². The van der Waals surface area contributed by atoms with Crippen LogP contribution in [0, 0.1) is 11.1 Å². The summed E-state index contributed by atoms with van der Waals surface area (Å²) in [5, 5.41) is 13.9. The standard InChI is InChI=1S/C29H40N2O5S/c1-6-8-9-10-21-16-25(28-23-15-19(3)11-12-22(23)20(4)36-26(28)17-21)35-18-27(32)30-24(13-14-37-5)29(33)31(34)7-2/h7,15-17,22-24,31H,2,4,6,8-14,18H2,1,3,5H3,(H,30,32). The number of ether oxygens (including phenoxy) is 2. The van der Waals surface area contributed by atoms with Crippen molar-refractivity contribution < 1.29 is 24.1 Å². The highest BCUT2D eigenvalue weighted by Crippen LogP contribution is 2.51. The van der Waals surface area contributed by atoms with Crippen LogP contribution in [-0.4, -0.2) is 36.5 Å². The van der Waals surface area contributed by atoms with Crippen LogP contribution in [0.15, 0.2) is 48.9 Å². The average molecular weight is 529 g/mol. The third kappa shape index (κ3) is 7.49. The number of quaternary nitrogens is 1. The summed E-state index contributed by atoms with van der Waals surface area (Å²) in [5.74, 6) is 1.90. The molecule has 2 aliphatic rings. The minimum atomic E-state index is -0.900. The van der Waals surface area contributed by atoms with Gasteiger partial charge in [0.25, 0.3) is 5.91 Å². The molecule has 2 amide bonds. The van der Waals surface area contributed by atoms with Gasteiger partial charge in [-0.3, -0.25) is 9.86 Å². The van der Waals surface area contributed by atoms with E-state index in [1.54, 1.807) is 11.8 Å². The minimum absolute atomic E-state index is 0.0777. The fourth-order valence-corrected chi connectivity index (χ4v) is 5.47. The number of fused-ring (bicyclic) bond motifs is 3. The second-order valence-electron chi connectivity index (χ2n) is 9.84. The van der Waals surface area contributed by atoms with Crippen molar-refractivity contribution in [3.63, 3.8) is 0 Å². The molecule has 0 saturated heterocycles. The van der Waals surface area contributed by atoms with Crippen molar-refractivity contribution in [2.45, 2.75) is 70.8 Å². The number of carbonyl (C=O) groups excluding carboxylic acids is 2. The molecule has 4 unspecified atom stereocenters. The van der Waals surface area contributed by atoms with Gasteiger partial charge in [-0.05, 0) is 75.3 Å². The summed E-state index contributed by atoms with van der Waals surface area (Å²) < 4.78 is 12.3. The lowest BCUT2D eigenvalue weighted by Gasteiger charge is -2.37. The van der Waals surface area contributed by atoms with E-state index in [1.165, 1.54) is 5.57 Å². The maximum Gasteiger partial charge on any atom is 0.339 e. The molecular formula is C29H40N2O5S. The molecule has 1 aliphatic heterocycles. The first-order chi connectivity index (χ1) is 17.8. The number of aryl methyl sites for hydroxylation is 1. The Hall–Kier alpha value is -2.55. The summed E-state index contributed by atoms with van der Waals surface area (Å²) in [6.45, 7) is 11.6. The van der Waals surface area contributed by atoms with E-state index >= 15 is 0 Å². The molecule has 0 aromatic heterocycles. The van der Waals surface area contributed by atoms with E-state index in [9.17, 15) is 14.8 Å². The van der Waals surface area contributed by atoms with Gasteiger partial charge in [-0.15, -0.1) is 0 Å². The van der Waals surface area contributed by atoms with Crippen LogP contribution in [0.5, 0.6) is 11.5 Å².